The van der Waals surface area contributed by atoms with Gasteiger partial charge in [0, 0.05) is 18.8 Å². The lowest BCUT2D eigenvalue weighted by molar-refractivity contribution is -0.115. The number of benzene rings is 3. The van der Waals surface area contributed by atoms with Gasteiger partial charge in [0.05, 0.1) is 29.9 Å². The number of anilines is 2. The van der Waals surface area contributed by atoms with Crippen molar-refractivity contribution < 1.29 is 9.53 Å². The van der Waals surface area contributed by atoms with Gasteiger partial charge in [-0.2, -0.15) is 0 Å². The van der Waals surface area contributed by atoms with Gasteiger partial charge in [-0.25, -0.2) is 4.98 Å². The molecule has 1 amide bonds. The number of amides is 1. The van der Waals surface area contributed by atoms with Gasteiger partial charge in [-0.15, -0.1) is 0 Å². The van der Waals surface area contributed by atoms with Crippen molar-refractivity contribution >= 4 is 49.1 Å². The zero-order valence-corrected chi connectivity index (χ0v) is 16.7. The van der Waals surface area contributed by atoms with Gasteiger partial charge in [-0.05, 0) is 34.5 Å². The van der Waals surface area contributed by atoms with Crippen molar-refractivity contribution in [2.75, 3.05) is 36.5 Å². The molecule has 0 saturated carbocycles. The minimum absolute atomic E-state index is 0.0152. The quantitative estimate of drug-likeness (QED) is 0.546. The summed E-state index contributed by atoms with van der Waals surface area (Å²) < 4.78 is 6.50. The second-order valence-corrected chi connectivity index (χ2v) is 8.15. The van der Waals surface area contributed by atoms with Crippen LogP contribution in [0.3, 0.4) is 0 Å². The lowest BCUT2D eigenvalue weighted by atomic mass is 10.0. The Labute approximate surface area is 172 Å². The Morgan fingerprint density at radius 3 is 2.79 bits per heavy atom. The van der Waals surface area contributed by atoms with E-state index in [2.05, 4.69) is 28.4 Å². The number of hydrogen-bond donors (Lipinski definition) is 1. The van der Waals surface area contributed by atoms with Gasteiger partial charge in [-0.1, -0.05) is 53.8 Å². The third kappa shape index (κ3) is 3.81. The van der Waals surface area contributed by atoms with Crippen molar-refractivity contribution in [3.63, 3.8) is 0 Å². The van der Waals surface area contributed by atoms with Crippen LogP contribution in [0.25, 0.3) is 21.0 Å². The first-order valence-corrected chi connectivity index (χ1v) is 10.6. The van der Waals surface area contributed by atoms with E-state index in [4.69, 9.17) is 9.72 Å². The van der Waals surface area contributed by atoms with E-state index >= 15 is 0 Å². The minimum Gasteiger partial charge on any atom is -0.378 e. The summed E-state index contributed by atoms with van der Waals surface area (Å²) in [6.07, 6.45) is 0.348. The first-order valence-electron chi connectivity index (χ1n) is 9.76. The zero-order chi connectivity index (χ0) is 19.6. The Hall–Kier alpha value is -2.96. The van der Waals surface area contributed by atoms with E-state index < -0.39 is 0 Å². The molecule has 0 radical (unpaired) electrons. The Kier molecular flexibility index (Phi) is 4.87. The van der Waals surface area contributed by atoms with Crippen molar-refractivity contribution in [2.24, 2.45) is 0 Å². The van der Waals surface area contributed by atoms with E-state index in [1.807, 2.05) is 42.5 Å². The first-order chi connectivity index (χ1) is 14.3. The molecular weight excluding hydrogens is 382 g/mol. The Morgan fingerprint density at radius 1 is 1.07 bits per heavy atom. The molecule has 1 aromatic heterocycles. The average molecular weight is 404 g/mol. The average Bonchev–Trinajstić information content (AvgIpc) is 3.18. The monoisotopic (exact) mass is 403 g/mol. The normalized spacial score (nSPS) is 14.4. The molecule has 1 fully saturated rings. The lowest BCUT2D eigenvalue weighted by Crippen LogP contribution is -2.36. The van der Waals surface area contributed by atoms with Gasteiger partial charge in [0.1, 0.15) is 0 Å². The van der Waals surface area contributed by atoms with E-state index in [9.17, 15) is 4.79 Å². The lowest BCUT2D eigenvalue weighted by Gasteiger charge is -2.25. The van der Waals surface area contributed by atoms with Crippen molar-refractivity contribution in [3.8, 4) is 0 Å². The second kappa shape index (κ2) is 7.81. The van der Waals surface area contributed by atoms with Crippen LogP contribution in [0.2, 0.25) is 0 Å². The van der Waals surface area contributed by atoms with Gasteiger partial charge in [0.2, 0.25) is 5.91 Å². The summed E-state index contributed by atoms with van der Waals surface area (Å²) in [6, 6.07) is 20.2. The Morgan fingerprint density at radius 2 is 1.90 bits per heavy atom. The molecule has 1 aliphatic heterocycles. The largest absolute Gasteiger partial charge is 0.378 e. The fourth-order valence-corrected chi connectivity index (χ4v) is 4.76. The van der Waals surface area contributed by atoms with Crippen LogP contribution >= 0.6 is 11.3 Å². The molecular formula is C23H21N3O2S. The summed E-state index contributed by atoms with van der Waals surface area (Å²) >= 11 is 1.66. The molecule has 1 N–H and O–H groups in total. The third-order valence-electron chi connectivity index (χ3n) is 5.17. The highest BCUT2D eigenvalue weighted by atomic mass is 32.1. The summed E-state index contributed by atoms with van der Waals surface area (Å²) in [5.74, 6) is -0.0152. The summed E-state index contributed by atoms with van der Waals surface area (Å²) in [7, 11) is 0. The second-order valence-electron chi connectivity index (χ2n) is 7.14. The van der Waals surface area contributed by atoms with E-state index in [1.165, 1.54) is 0 Å². The predicted molar refractivity (Wildman–Crippen MR) is 119 cm³/mol. The summed E-state index contributed by atoms with van der Waals surface area (Å²) in [5.41, 5.74) is 2.80. The number of morpholine rings is 1. The Bertz CT molecular complexity index is 1180. The van der Waals surface area contributed by atoms with Crippen molar-refractivity contribution in [1.29, 1.82) is 0 Å². The number of aromatic nitrogens is 1. The molecule has 2 heterocycles. The first kappa shape index (κ1) is 18.1. The zero-order valence-electron chi connectivity index (χ0n) is 15.9. The molecule has 146 valence electrons. The van der Waals surface area contributed by atoms with Crippen molar-refractivity contribution in [3.05, 3.63) is 66.2 Å². The number of nitrogens with zero attached hydrogens (tertiary/aromatic N) is 2. The highest BCUT2D eigenvalue weighted by molar-refractivity contribution is 7.22. The van der Waals surface area contributed by atoms with Gasteiger partial charge in [0.25, 0.3) is 0 Å². The molecule has 5 rings (SSSR count). The molecule has 5 nitrogen and oxygen atoms in total. The van der Waals surface area contributed by atoms with Gasteiger partial charge < -0.3 is 15.0 Å². The van der Waals surface area contributed by atoms with Crippen LogP contribution in [0.5, 0.6) is 0 Å². The number of carbonyl (C=O) groups is 1. The van der Waals surface area contributed by atoms with Gasteiger partial charge >= 0.3 is 0 Å². The molecule has 4 aromatic rings. The van der Waals surface area contributed by atoms with Gasteiger partial charge in [-0.3, -0.25) is 4.79 Å². The third-order valence-corrected chi connectivity index (χ3v) is 6.25. The minimum atomic E-state index is -0.0152. The SMILES string of the molecule is O=C(Cc1cccc2ccccc12)Nc1ccc2nc(N3CCOCC3)sc2c1. The van der Waals surface area contributed by atoms with E-state index in [1.54, 1.807) is 11.3 Å². The number of nitrogens with one attached hydrogen (secondary N) is 1. The molecule has 6 heteroatoms. The topological polar surface area (TPSA) is 54.5 Å². The summed E-state index contributed by atoms with van der Waals surface area (Å²) in [4.78, 5) is 19.7. The highest BCUT2D eigenvalue weighted by Gasteiger charge is 2.16. The van der Waals surface area contributed by atoms with Gasteiger partial charge in [0.15, 0.2) is 5.13 Å². The molecule has 0 atom stereocenters. The molecule has 1 saturated heterocycles. The van der Waals surface area contributed by atoms with Crippen molar-refractivity contribution in [2.45, 2.75) is 6.42 Å². The van der Waals surface area contributed by atoms with Crippen LogP contribution in [0.1, 0.15) is 5.56 Å². The highest BCUT2D eigenvalue weighted by Crippen LogP contribution is 2.31. The Balaban J connectivity index is 1.33. The predicted octanol–water partition coefficient (Wildman–Crippen LogP) is 4.47. The molecule has 1 aliphatic rings. The van der Waals surface area contributed by atoms with Crippen molar-refractivity contribution in [1.82, 2.24) is 4.98 Å². The number of fused-ring (bicyclic) bond motifs is 2. The van der Waals surface area contributed by atoms with Crippen LogP contribution in [-0.4, -0.2) is 37.2 Å². The van der Waals surface area contributed by atoms with E-state index in [-0.39, 0.29) is 5.91 Å². The van der Waals surface area contributed by atoms with E-state index in [0.29, 0.717) is 6.42 Å². The fraction of sp³-hybridized carbons (Fsp3) is 0.217. The summed E-state index contributed by atoms with van der Waals surface area (Å²) in [6.45, 7) is 3.22. The molecule has 0 unspecified atom stereocenters. The molecule has 3 aromatic carbocycles. The molecule has 0 aliphatic carbocycles. The maximum absolute atomic E-state index is 12.7. The van der Waals surface area contributed by atoms with Crippen LogP contribution in [0, 0.1) is 0 Å². The smallest absolute Gasteiger partial charge is 0.228 e. The van der Waals surface area contributed by atoms with E-state index in [0.717, 1.165) is 63.7 Å². The standard InChI is InChI=1S/C23H21N3O2S/c27-22(14-17-6-3-5-16-4-1-2-7-19(16)17)24-18-8-9-20-21(15-18)29-23(25-20)26-10-12-28-13-11-26/h1-9,15H,10-14H2,(H,24,27). The number of carbonyl (C=O) groups excluding carboxylic acids is 1. The van der Waals surface area contributed by atoms with Crippen LogP contribution in [0.4, 0.5) is 10.8 Å². The number of thiazole rings is 1. The number of hydrogen-bond acceptors (Lipinski definition) is 5. The maximum Gasteiger partial charge on any atom is 0.228 e. The fourth-order valence-electron chi connectivity index (χ4n) is 3.70. The molecule has 0 spiro atoms. The molecule has 0 bridgehead atoms. The maximum atomic E-state index is 12.7. The number of ether oxygens (including phenoxy) is 1. The van der Waals surface area contributed by atoms with Crippen LogP contribution in [-0.2, 0) is 16.0 Å². The van der Waals surface area contributed by atoms with Crippen LogP contribution in [0.15, 0.2) is 60.7 Å². The molecule has 29 heavy (non-hydrogen) atoms. The van der Waals surface area contributed by atoms with Crippen LogP contribution < -0.4 is 10.2 Å². The summed E-state index contributed by atoms with van der Waals surface area (Å²) in [5, 5.41) is 6.33. The number of rotatable bonds is 4.